The van der Waals surface area contributed by atoms with Crippen molar-refractivity contribution in [3.05, 3.63) is 29.3 Å². The van der Waals surface area contributed by atoms with Gasteiger partial charge >= 0.3 is 0 Å². The highest BCUT2D eigenvalue weighted by Crippen LogP contribution is 2.20. The Morgan fingerprint density at radius 1 is 1.36 bits per heavy atom. The van der Waals surface area contributed by atoms with Crippen molar-refractivity contribution in [3.63, 3.8) is 0 Å². The molecule has 22 heavy (non-hydrogen) atoms. The van der Waals surface area contributed by atoms with E-state index in [1.807, 2.05) is 0 Å². The zero-order valence-electron chi connectivity index (χ0n) is 12.5. The molecule has 5 nitrogen and oxygen atoms in total. The number of nitrogens with one attached hydrogen (secondary N) is 1. The number of carbonyl (C=O) groups is 1. The molecule has 1 saturated heterocycles. The Morgan fingerprint density at radius 2 is 2.05 bits per heavy atom. The molecule has 0 radical (unpaired) electrons. The van der Waals surface area contributed by atoms with Gasteiger partial charge in [-0.3, -0.25) is 4.79 Å². The third-order valence-electron chi connectivity index (χ3n) is 3.76. The summed E-state index contributed by atoms with van der Waals surface area (Å²) in [5.74, 6) is 0.673. The molecular formula is C16H22ClNO4. The highest BCUT2D eigenvalue weighted by molar-refractivity contribution is 6.30. The van der Waals surface area contributed by atoms with Crippen molar-refractivity contribution >= 4 is 17.5 Å². The summed E-state index contributed by atoms with van der Waals surface area (Å²) >= 11 is 5.77. The van der Waals surface area contributed by atoms with Gasteiger partial charge in [0.15, 0.2) is 6.61 Å². The Morgan fingerprint density at radius 3 is 2.73 bits per heavy atom. The van der Waals surface area contributed by atoms with Crippen molar-refractivity contribution in [2.45, 2.75) is 25.4 Å². The van der Waals surface area contributed by atoms with Gasteiger partial charge in [-0.05, 0) is 49.4 Å². The van der Waals surface area contributed by atoms with Crippen LogP contribution in [0.15, 0.2) is 24.3 Å². The molecule has 1 unspecified atom stereocenters. The second-order valence-electron chi connectivity index (χ2n) is 5.40. The van der Waals surface area contributed by atoms with Crippen LogP contribution in [0.3, 0.4) is 0 Å². The van der Waals surface area contributed by atoms with Crippen LogP contribution in [0.5, 0.6) is 5.75 Å². The van der Waals surface area contributed by atoms with E-state index in [0.717, 1.165) is 12.8 Å². The molecular weight excluding hydrogens is 306 g/mol. The number of ether oxygens (including phenoxy) is 2. The minimum atomic E-state index is -0.388. The standard InChI is InChI=1S/C16H22ClNO4/c17-13-1-3-14(4-2-13)22-11-16(20)18-8-5-15(19)12-6-9-21-10-7-12/h1-4,12,15,19H,5-11H2,(H,18,20). The molecule has 1 heterocycles. The molecule has 1 atom stereocenters. The second-order valence-corrected chi connectivity index (χ2v) is 5.83. The molecule has 1 aromatic rings. The fourth-order valence-corrected chi connectivity index (χ4v) is 2.55. The fourth-order valence-electron chi connectivity index (χ4n) is 2.43. The van der Waals surface area contributed by atoms with Gasteiger partial charge in [-0.1, -0.05) is 11.6 Å². The number of carbonyl (C=O) groups excluding carboxylic acids is 1. The van der Waals surface area contributed by atoms with Crippen LogP contribution < -0.4 is 10.1 Å². The Bertz CT molecular complexity index is 460. The van der Waals surface area contributed by atoms with Gasteiger partial charge in [-0.2, -0.15) is 0 Å². The summed E-state index contributed by atoms with van der Waals surface area (Å²) in [6.45, 7) is 1.82. The summed E-state index contributed by atoms with van der Waals surface area (Å²) in [5.41, 5.74) is 0. The van der Waals surface area contributed by atoms with Gasteiger partial charge in [0.1, 0.15) is 5.75 Å². The van der Waals surface area contributed by atoms with E-state index >= 15 is 0 Å². The Balaban J connectivity index is 1.60. The predicted molar refractivity (Wildman–Crippen MR) is 84.1 cm³/mol. The first-order valence-corrected chi connectivity index (χ1v) is 7.94. The van der Waals surface area contributed by atoms with E-state index in [2.05, 4.69) is 5.32 Å². The quantitative estimate of drug-likeness (QED) is 0.804. The molecule has 1 aliphatic rings. The number of halogens is 1. The maximum atomic E-state index is 11.7. The average Bonchev–Trinajstić information content (AvgIpc) is 2.55. The number of rotatable bonds is 7. The number of hydrogen-bond donors (Lipinski definition) is 2. The van der Waals surface area contributed by atoms with Crippen LogP contribution in [-0.4, -0.2) is 43.5 Å². The van der Waals surface area contributed by atoms with Gasteiger partial charge in [-0.15, -0.1) is 0 Å². The summed E-state index contributed by atoms with van der Waals surface area (Å²) in [7, 11) is 0. The number of benzene rings is 1. The molecule has 2 N–H and O–H groups in total. The summed E-state index contributed by atoms with van der Waals surface area (Å²) in [6, 6.07) is 6.84. The molecule has 2 rings (SSSR count). The van der Waals surface area contributed by atoms with Crippen molar-refractivity contribution in [2.24, 2.45) is 5.92 Å². The number of amides is 1. The van der Waals surface area contributed by atoms with Crippen molar-refractivity contribution in [2.75, 3.05) is 26.4 Å². The Labute approximate surface area is 135 Å². The molecule has 1 fully saturated rings. The Kier molecular flexibility index (Phi) is 6.96. The zero-order chi connectivity index (χ0) is 15.8. The largest absolute Gasteiger partial charge is 0.484 e. The monoisotopic (exact) mass is 327 g/mol. The summed E-state index contributed by atoms with van der Waals surface area (Å²) in [6.07, 6.45) is 1.93. The normalized spacial score (nSPS) is 17.0. The van der Waals surface area contributed by atoms with E-state index in [1.54, 1.807) is 24.3 Å². The van der Waals surface area contributed by atoms with Crippen molar-refractivity contribution < 1.29 is 19.4 Å². The predicted octanol–water partition coefficient (Wildman–Crippen LogP) is 2.01. The molecule has 0 saturated carbocycles. The van der Waals surface area contributed by atoms with Crippen LogP contribution in [0.2, 0.25) is 5.02 Å². The van der Waals surface area contributed by atoms with Gasteiger partial charge < -0.3 is 19.9 Å². The lowest BCUT2D eigenvalue weighted by molar-refractivity contribution is -0.123. The molecule has 1 aliphatic heterocycles. The minimum Gasteiger partial charge on any atom is -0.484 e. The molecule has 122 valence electrons. The average molecular weight is 328 g/mol. The van der Waals surface area contributed by atoms with Gasteiger partial charge in [0.2, 0.25) is 0 Å². The molecule has 0 bridgehead atoms. The summed E-state index contributed by atoms with van der Waals surface area (Å²) in [4.78, 5) is 11.7. The highest BCUT2D eigenvalue weighted by Gasteiger charge is 2.21. The summed E-state index contributed by atoms with van der Waals surface area (Å²) < 4.78 is 10.6. The van der Waals surface area contributed by atoms with Gasteiger partial charge in [0.25, 0.3) is 5.91 Å². The minimum absolute atomic E-state index is 0.0466. The van der Waals surface area contributed by atoms with E-state index in [0.29, 0.717) is 37.0 Å². The second kappa shape index (κ2) is 8.98. The van der Waals surface area contributed by atoms with Crippen LogP contribution in [0.1, 0.15) is 19.3 Å². The van der Waals surface area contributed by atoms with Crippen molar-refractivity contribution in [3.8, 4) is 5.75 Å². The van der Waals surface area contributed by atoms with E-state index < -0.39 is 0 Å². The van der Waals surface area contributed by atoms with Crippen molar-refractivity contribution in [1.82, 2.24) is 5.32 Å². The maximum Gasteiger partial charge on any atom is 0.257 e. The smallest absolute Gasteiger partial charge is 0.257 e. The lowest BCUT2D eigenvalue weighted by Crippen LogP contribution is -2.34. The molecule has 0 spiro atoms. The number of hydrogen-bond acceptors (Lipinski definition) is 4. The lowest BCUT2D eigenvalue weighted by atomic mass is 9.92. The third kappa shape index (κ3) is 5.83. The molecule has 6 heteroatoms. The topological polar surface area (TPSA) is 67.8 Å². The fraction of sp³-hybridized carbons (Fsp3) is 0.562. The molecule has 1 amide bonds. The van der Waals surface area contributed by atoms with Gasteiger partial charge in [-0.25, -0.2) is 0 Å². The molecule has 0 aliphatic carbocycles. The SMILES string of the molecule is O=C(COc1ccc(Cl)cc1)NCCC(O)C1CCOCC1. The Hall–Kier alpha value is -1.30. The van der Waals surface area contributed by atoms with E-state index in [-0.39, 0.29) is 24.5 Å². The first kappa shape index (κ1) is 17.1. The number of aliphatic hydroxyl groups excluding tert-OH is 1. The summed E-state index contributed by atoms with van der Waals surface area (Å²) in [5, 5.41) is 13.4. The zero-order valence-corrected chi connectivity index (χ0v) is 13.2. The first-order chi connectivity index (χ1) is 10.6. The number of aliphatic hydroxyl groups is 1. The van der Waals surface area contributed by atoms with Crippen LogP contribution >= 0.6 is 11.6 Å². The van der Waals surface area contributed by atoms with E-state index in [1.165, 1.54) is 0 Å². The van der Waals surface area contributed by atoms with Crippen molar-refractivity contribution in [1.29, 1.82) is 0 Å². The first-order valence-electron chi connectivity index (χ1n) is 7.56. The van der Waals surface area contributed by atoms with Crippen LogP contribution in [0, 0.1) is 5.92 Å². The van der Waals surface area contributed by atoms with E-state index in [9.17, 15) is 9.90 Å². The molecule has 0 aromatic heterocycles. The van der Waals surface area contributed by atoms with Crippen LogP contribution in [0.25, 0.3) is 0 Å². The third-order valence-corrected chi connectivity index (χ3v) is 4.01. The lowest BCUT2D eigenvalue weighted by Gasteiger charge is -2.26. The highest BCUT2D eigenvalue weighted by atomic mass is 35.5. The van der Waals surface area contributed by atoms with Gasteiger partial charge in [0.05, 0.1) is 6.10 Å². The van der Waals surface area contributed by atoms with E-state index in [4.69, 9.17) is 21.1 Å². The van der Waals surface area contributed by atoms with Crippen LogP contribution in [0.4, 0.5) is 0 Å². The maximum absolute atomic E-state index is 11.7. The molecule has 1 aromatic carbocycles. The van der Waals surface area contributed by atoms with Crippen LogP contribution in [-0.2, 0) is 9.53 Å². The van der Waals surface area contributed by atoms with Gasteiger partial charge in [0, 0.05) is 24.8 Å².